The Bertz CT molecular complexity index is 913. The van der Waals surface area contributed by atoms with Gasteiger partial charge in [-0.3, -0.25) is 14.4 Å². The molecule has 26 heavy (non-hydrogen) atoms. The molecule has 3 rings (SSSR count). The quantitative estimate of drug-likeness (QED) is 0.861. The normalized spacial score (nSPS) is 16.2. The van der Waals surface area contributed by atoms with Gasteiger partial charge in [-0.25, -0.2) is 0 Å². The Balaban J connectivity index is 1.71. The third kappa shape index (κ3) is 3.47. The van der Waals surface area contributed by atoms with Crippen molar-refractivity contribution >= 4 is 29.0 Å². The average Bonchev–Trinajstić information content (AvgIpc) is 3.04. The first-order valence-corrected chi connectivity index (χ1v) is 8.21. The van der Waals surface area contributed by atoms with Crippen LogP contribution < -0.4 is 10.2 Å². The zero-order valence-electron chi connectivity index (χ0n) is 14.2. The minimum Gasteiger partial charge on any atom is -0.326 e. The van der Waals surface area contributed by atoms with Gasteiger partial charge < -0.3 is 10.2 Å². The maximum atomic E-state index is 12.5. The number of carbonyl (C=O) groups is 3. The molecule has 6 nitrogen and oxygen atoms in total. The molecule has 2 aromatic rings. The monoisotopic (exact) mass is 347 g/mol. The van der Waals surface area contributed by atoms with Crippen LogP contribution in [-0.4, -0.2) is 24.1 Å². The van der Waals surface area contributed by atoms with E-state index in [2.05, 4.69) is 11.4 Å². The van der Waals surface area contributed by atoms with Crippen LogP contribution in [0, 0.1) is 17.2 Å². The van der Waals surface area contributed by atoms with Crippen molar-refractivity contribution < 1.29 is 14.4 Å². The second-order valence-corrected chi connectivity index (χ2v) is 6.16. The van der Waals surface area contributed by atoms with Gasteiger partial charge in [0.1, 0.15) is 6.07 Å². The third-order valence-electron chi connectivity index (χ3n) is 4.37. The predicted octanol–water partition coefficient (Wildman–Crippen LogP) is 2.75. The summed E-state index contributed by atoms with van der Waals surface area (Å²) in [4.78, 5) is 37.6. The van der Waals surface area contributed by atoms with E-state index in [-0.39, 0.29) is 30.6 Å². The molecule has 1 fully saturated rings. The van der Waals surface area contributed by atoms with Gasteiger partial charge in [0.15, 0.2) is 5.78 Å². The first kappa shape index (κ1) is 17.4. The van der Waals surface area contributed by atoms with E-state index in [1.54, 1.807) is 48.5 Å². The number of anilines is 2. The van der Waals surface area contributed by atoms with E-state index in [0.29, 0.717) is 22.5 Å². The Morgan fingerprint density at radius 3 is 2.50 bits per heavy atom. The van der Waals surface area contributed by atoms with E-state index < -0.39 is 5.92 Å². The molecule has 1 aliphatic heterocycles. The van der Waals surface area contributed by atoms with Gasteiger partial charge in [0.2, 0.25) is 11.8 Å². The number of nitriles is 1. The maximum Gasteiger partial charge on any atom is 0.229 e. The predicted molar refractivity (Wildman–Crippen MR) is 96.7 cm³/mol. The van der Waals surface area contributed by atoms with Crippen LogP contribution in [0.25, 0.3) is 0 Å². The lowest BCUT2D eigenvalue weighted by molar-refractivity contribution is -0.122. The fourth-order valence-electron chi connectivity index (χ4n) is 2.95. The smallest absolute Gasteiger partial charge is 0.229 e. The summed E-state index contributed by atoms with van der Waals surface area (Å²) in [7, 11) is 0. The second-order valence-electron chi connectivity index (χ2n) is 6.16. The lowest BCUT2D eigenvalue weighted by atomic mass is 10.1. The highest BCUT2D eigenvalue weighted by atomic mass is 16.2. The second kappa shape index (κ2) is 7.19. The summed E-state index contributed by atoms with van der Waals surface area (Å²) in [5, 5.41) is 12.0. The van der Waals surface area contributed by atoms with Crippen molar-refractivity contribution in [2.45, 2.75) is 13.3 Å². The highest BCUT2D eigenvalue weighted by Crippen LogP contribution is 2.28. The average molecular weight is 347 g/mol. The van der Waals surface area contributed by atoms with Crippen LogP contribution in [0.3, 0.4) is 0 Å². The zero-order chi connectivity index (χ0) is 18.7. The van der Waals surface area contributed by atoms with Crippen molar-refractivity contribution in [1.29, 1.82) is 5.26 Å². The number of nitrogens with zero attached hydrogens (tertiary/aromatic N) is 2. The van der Waals surface area contributed by atoms with Crippen molar-refractivity contribution in [2.24, 2.45) is 5.92 Å². The summed E-state index contributed by atoms with van der Waals surface area (Å²) in [5.41, 5.74) is 2.07. The fourth-order valence-corrected chi connectivity index (χ4v) is 2.95. The topological polar surface area (TPSA) is 90.3 Å². The molecule has 0 saturated carbocycles. The van der Waals surface area contributed by atoms with Gasteiger partial charge in [-0.2, -0.15) is 5.26 Å². The lowest BCUT2D eigenvalue weighted by Gasteiger charge is -2.18. The Hall–Kier alpha value is -3.46. The first-order chi connectivity index (χ1) is 12.5. The minimum absolute atomic E-state index is 0.0453. The van der Waals surface area contributed by atoms with Crippen LogP contribution in [0.2, 0.25) is 0 Å². The molecule has 0 bridgehead atoms. The van der Waals surface area contributed by atoms with Crippen LogP contribution in [-0.2, 0) is 9.59 Å². The van der Waals surface area contributed by atoms with Gasteiger partial charge in [0.25, 0.3) is 0 Å². The summed E-state index contributed by atoms with van der Waals surface area (Å²) >= 11 is 0. The summed E-state index contributed by atoms with van der Waals surface area (Å²) in [5.74, 6) is -0.983. The van der Waals surface area contributed by atoms with Gasteiger partial charge >= 0.3 is 0 Å². The Morgan fingerprint density at radius 2 is 1.85 bits per heavy atom. The van der Waals surface area contributed by atoms with E-state index in [0.717, 1.165) is 0 Å². The van der Waals surface area contributed by atoms with Crippen molar-refractivity contribution in [3.05, 3.63) is 59.7 Å². The number of hydrogen-bond donors (Lipinski definition) is 1. The Labute approximate surface area is 151 Å². The van der Waals surface area contributed by atoms with Gasteiger partial charge in [0.05, 0.1) is 17.2 Å². The molecule has 1 N–H and O–H groups in total. The summed E-state index contributed by atoms with van der Waals surface area (Å²) < 4.78 is 0. The molecule has 130 valence electrons. The Kier molecular flexibility index (Phi) is 4.81. The number of nitrogens with one attached hydrogen (secondary N) is 1. The van der Waals surface area contributed by atoms with Crippen LogP contribution in [0.4, 0.5) is 11.4 Å². The van der Waals surface area contributed by atoms with Crippen molar-refractivity contribution in [2.75, 3.05) is 16.8 Å². The van der Waals surface area contributed by atoms with Crippen LogP contribution in [0.15, 0.2) is 48.5 Å². The molecule has 0 spiro atoms. The number of hydrogen-bond acceptors (Lipinski definition) is 4. The summed E-state index contributed by atoms with van der Waals surface area (Å²) in [6.45, 7) is 1.71. The van der Waals surface area contributed by atoms with Crippen LogP contribution >= 0.6 is 0 Å². The molecule has 1 aliphatic rings. The van der Waals surface area contributed by atoms with Crippen molar-refractivity contribution in [1.82, 2.24) is 0 Å². The Morgan fingerprint density at radius 1 is 1.15 bits per heavy atom. The van der Waals surface area contributed by atoms with Gasteiger partial charge in [0, 0.05) is 24.2 Å². The third-order valence-corrected chi connectivity index (χ3v) is 4.37. The number of para-hydroxylation sites is 1. The van der Waals surface area contributed by atoms with Gasteiger partial charge in [-0.05, 0) is 43.3 Å². The molecular formula is C20H17N3O3. The largest absolute Gasteiger partial charge is 0.326 e. The number of carbonyl (C=O) groups excluding carboxylic acids is 3. The van der Waals surface area contributed by atoms with Gasteiger partial charge in [-0.15, -0.1) is 0 Å². The SMILES string of the molecule is CC(=O)c1ccc(NC(=O)C2CC(=O)N(c3ccccc3C#N)C2)cc1. The van der Waals surface area contributed by atoms with E-state index in [9.17, 15) is 19.6 Å². The number of benzene rings is 2. The van der Waals surface area contributed by atoms with Crippen LogP contribution in [0.5, 0.6) is 0 Å². The van der Waals surface area contributed by atoms with E-state index in [1.165, 1.54) is 11.8 Å². The van der Waals surface area contributed by atoms with Crippen LogP contribution in [0.1, 0.15) is 29.3 Å². The first-order valence-electron chi connectivity index (χ1n) is 8.21. The molecule has 1 heterocycles. The number of ketones is 1. The molecule has 1 unspecified atom stereocenters. The molecule has 1 atom stereocenters. The van der Waals surface area contributed by atoms with E-state index in [1.807, 2.05) is 0 Å². The molecule has 2 aromatic carbocycles. The molecule has 6 heteroatoms. The van der Waals surface area contributed by atoms with Crippen molar-refractivity contribution in [3.8, 4) is 6.07 Å². The molecule has 0 radical (unpaired) electrons. The fraction of sp³-hybridized carbons (Fsp3) is 0.200. The highest BCUT2D eigenvalue weighted by Gasteiger charge is 2.36. The molecule has 0 aliphatic carbocycles. The minimum atomic E-state index is -0.498. The number of rotatable bonds is 4. The maximum absolute atomic E-state index is 12.5. The number of Topliss-reactive ketones (excluding diaryl/α,β-unsaturated/α-hetero) is 1. The molecule has 1 saturated heterocycles. The standard InChI is InChI=1S/C20H17N3O3/c1-13(24)14-6-8-17(9-7-14)22-20(26)16-10-19(25)23(12-16)18-5-3-2-4-15(18)11-21/h2-9,16H,10,12H2,1H3,(H,22,26). The van der Waals surface area contributed by atoms with Crippen molar-refractivity contribution in [3.63, 3.8) is 0 Å². The molecule has 0 aromatic heterocycles. The lowest BCUT2D eigenvalue weighted by Crippen LogP contribution is -2.28. The highest BCUT2D eigenvalue weighted by molar-refractivity contribution is 6.04. The summed E-state index contributed by atoms with van der Waals surface area (Å²) in [6.07, 6.45) is 0.0944. The van der Waals surface area contributed by atoms with E-state index in [4.69, 9.17) is 0 Å². The zero-order valence-corrected chi connectivity index (χ0v) is 14.2. The molecular weight excluding hydrogens is 330 g/mol. The molecule has 2 amide bonds. The number of amides is 2. The summed E-state index contributed by atoms with van der Waals surface area (Å²) in [6, 6.07) is 15.5. The van der Waals surface area contributed by atoms with Gasteiger partial charge in [-0.1, -0.05) is 12.1 Å². The van der Waals surface area contributed by atoms with E-state index >= 15 is 0 Å².